The maximum atomic E-state index is 12.3. The number of aromatic nitrogens is 3. The molecular weight excluding hydrogens is 304 g/mol. The Labute approximate surface area is 133 Å². The van der Waals surface area contributed by atoms with Crippen LogP contribution < -0.4 is 0 Å². The summed E-state index contributed by atoms with van der Waals surface area (Å²) in [5, 5.41) is 21.4. The lowest BCUT2D eigenvalue weighted by molar-refractivity contribution is -0.131. The fourth-order valence-electron chi connectivity index (χ4n) is 2.70. The Hall–Kier alpha value is -1.92. The highest BCUT2D eigenvalue weighted by Gasteiger charge is 2.41. The molecular formula is C15H17ClN4O2. The minimum Gasteiger partial charge on any atom is -0.381 e. The van der Waals surface area contributed by atoms with Crippen LogP contribution in [0.2, 0.25) is 5.02 Å². The van der Waals surface area contributed by atoms with Crippen LogP contribution in [0.4, 0.5) is 0 Å². The van der Waals surface area contributed by atoms with Crippen LogP contribution in [0.1, 0.15) is 24.1 Å². The summed E-state index contributed by atoms with van der Waals surface area (Å²) in [5.74, 6) is 0.0365. The highest BCUT2D eigenvalue weighted by molar-refractivity contribution is 6.30. The zero-order valence-electron chi connectivity index (χ0n) is 12.0. The van der Waals surface area contributed by atoms with Crippen LogP contribution in [0.25, 0.3) is 0 Å². The molecule has 2 heterocycles. The molecule has 7 heteroatoms. The van der Waals surface area contributed by atoms with Gasteiger partial charge in [0.2, 0.25) is 5.91 Å². The molecule has 1 amide bonds. The van der Waals surface area contributed by atoms with Crippen LogP contribution in [0.3, 0.4) is 0 Å². The quantitative estimate of drug-likeness (QED) is 0.894. The largest absolute Gasteiger partial charge is 0.381 e. The number of hydrogen-bond acceptors (Lipinski definition) is 4. The van der Waals surface area contributed by atoms with Gasteiger partial charge in [0.15, 0.2) is 0 Å². The Bertz CT molecular complexity index is 644. The van der Waals surface area contributed by atoms with E-state index in [9.17, 15) is 9.90 Å². The van der Waals surface area contributed by atoms with E-state index in [1.54, 1.807) is 4.90 Å². The van der Waals surface area contributed by atoms with E-state index in [2.05, 4.69) is 15.4 Å². The van der Waals surface area contributed by atoms with Gasteiger partial charge in [-0.15, -0.1) is 0 Å². The van der Waals surface area contributed by atoms with Gasteiger partial charge < -0.3 is 10.0 Å². The number of aromatic amines is 1. The van der Waals surface area contributed by atoms with E-state index in [-0.39, 0.29) is 12.5 Å². The molecule has 1 aromatic carbocycles. The summed E-state index contributed by atoms with van der Waals surface area (Å²) < 4.78 is 0. The van der Waals surface area contributed by atoms with Crippen molar-refractivity contribution in [2.24, 2.45) is 0 Å². The summed E-state index contributed by atoms with van der Waals surface area (Å²) in [6.07, 6.45) is 3.05. The van der Waals surface area contributed by atoms with Crippen molar-refractivity contribution in [2.75, 3.05) is 13.1 Å². The average Bonchev–Trinajstić information content (AvgIpc) is 3.17. The molecule has 1 aliphatic rings. The second kappa shape index (κ2) is 6.06. The first-order valence-corrected chi connectivity index (χ1v) is 7.55. The monoisotopic (exact) mass is 320 g/mol. The van der Waals surface area contributed by atoms with Crippen LogP contribution in [0.5, 0.6) is 0 Å². The van der Waals surface area contributed by atoms with Gasteiger partial charge in [0.25, 0.3) is 0 Å². The Kier molecular flexibility index (Phi) is 4.13. The molecule has 2 N–H and O–H groups in total. The fourth-order valence-corrected chi connectivity index (χ4v) is 2.83. The van der Waals surface area contributed by atoms with Crippen LogP contribution >= 0.6 is 11.6 Å². The van der Waals surface area contributed by atoms with Gasteiger partial charge in [-0.3, -0.25) is 4.79 Å². The van der Waals surface area contributed by atoms with Crippen molar-refractivity contribution in [1.82, 2.24) is 20.3 Å². The van der Waals surface area contributed by atoms with Gasteiger partial charge in [0, 0.05) is 24.4 Å². The molecule has 2 aromatic rings. The lowest BCUT2D eigenvalue weighted by Crippen LogP contribution is -2.34. The normalized spacial score (nSPS) is 21.3. The smallest absolute Gasteiger partial charge is 0.223 e. The number of hydrogen-bond donors (Lipinski definition) is 2. The maximum Gasteiger partial charge on any atom is 0.223 e. The molecule has 6 nitrogen and oxygen atoms in total. The molecule has 3 rings (SSSR count). The summed E-state index contributed by atoms with van der Waals surface area (Å²) in [6, 6.07) is 7.48. The van der Waals surface area contributed by atoms with E-state index in [4.69, 9.17) is 11.6 Å². The van der Waals surface area contributed by atoms with E-state index in [0.717, 1.165) is 5.56 Å². The number of rotatable bonds is 4. The molecule has 1 atom stereocenters. The number of nitrogens with one attached hydrogen (secondary N) is 1. The molecule has 0 radical (unpaired) electrons. The number of halogens is 1. The van der Waals surface area contributed by atoms with Crippen molar-refractivity contribution in [3.8, 4) is 0 Å². The van der Waals surface area contributed by atoms with Crippen LogP contribution in [-0.4, -0.2) is 44.4 Å². The van der Waals surface area contributed by atoms with Crippen molar-refractivity contribution in [3.05, 3.63) is 46.7 Å². The molecule has 0 saturated carbocycles. The highest BCUT2D eigenvalue weighted by atomic mass is 35.5. The standard InChI is InChI=1S/C15H17ClN4O2/c16-12-4-1-11(2-5-12)3-6-14(21)20-8-7-15(22,10-20)13-9-17-19-18-13/h1-2,4-5,9,22H,3,6-8,10H2,(H,17,18,19). The third-order valence-electron chi connectivity index (χ3n) is 4.03. The first kappa shape index (κ1) is 15.0. The van der Waals surface area contributed by atoms with Crippen molar-refractivity contribution in [3.63, 3.8) is 0 Å². The van der Waals surface area contributed by atoms with Crippen LogP contribution in [-0.2, 0) is 16.8 Å². The number of aryl methyl sites for hydroxylation is 1. The predicted molar refractivity (Wildman–Crippen MR) is 81.2 cm³/mol. The summed E-state index contributed by atoms with van der Waals surface area (Å²) in [5.41, 5.74) is 0.465. The van der Waals surface area contributed by atoms with E-state index in [1.807, 2.05) is 24.3 Å². The zero-order chi connectivity index (χ0) is 15.6. The van der Waals surface area contributed by atoms with Gasteiger partial charge in [0.1, 0.15) is 11.3 Å². The van der Waals surface area contributed by atoms with Gasteiger partial charge in [-0.1, -0.05) is 23.7 Å². The number of nitrogens with zero attached hydrogens (tertiary/aromatic N) is 3. The first-order chi connectivity index (χ1) is 10.6. The minimum absolute atomic E-state index is 0.0365. The van der Waals surface area contributed by atoms with Crippen molar-refractivity contribution < 1.29 is 9.90 Å². The fraction of sp³-hybridized carbons (Fsp3) is 0.400. The third-order valence-corrected chi connectivity index (χ3v) is 4.29. The van der Waals surface area contributed by atoms with Gasteiger partial charge in [0.05, 0.1) is 12.7 Å². The topological polar surface area (TPSA) is 82.1 Å². The Balaban J connectivity index is 1.56. The second-order valence-electron chi connectivity index (χ2n) is 5.58. The summed E-state index contributed by atoms with van der Waals surface area (Å²) >= 11 is 5.84. The zero-order valence-corrected chi connectivity index (χ0v) is 12.8. The van der Waals surface area contributed by atoms with Crippen LogP contribution in [0.15, 0.2) is 30.5 Å². The van der Waals surface area contributed by atoms with Crippen LogP contribution in [0, 0.1) is 0 Å². The third kappa shape index (κ3) is 3.13. The van der Waals surface area contributed by atoms with E-state index >= 15 is 0 Å². The number of carbonyl (C=O) groups excluding carboxylic acids is 1. The van der Waals surface area contributed by atoms with E-state index in [1.165, 1.54) is 6.20 Å². The lowest BCUT2D eigenvalue weighted by Gasteiger charge is -2.21. The van der Waals surface area contributed by atoms with Gasteiger partial charge in [-0.05, 0) is 24.1 Å². The summed E-state index contributed by atoms with van der Waals surface area (Å²) in [7, 11) is 0. The Morgan fingerprint density at radius 2 is 2.18 bits per heavy atom. The SMILES string of the molecule is O=C(CCc1ccc(Cl)cc1)N1CCC(O)(c2cn[nH]n2)C1. The van der Waals surface area contributed by atoms with Gasteiger partial charge in [-0.25, -0.2) is 0 Å². The average molecular weight is 321 g/mol. The molecule has 22 heavy (non-hydrogen) atoms. The molecule has 1 saturated heterocycles. The van der Waals surface area contributed by atoms with E-state index in [0.29, 0.717) is 36.5 Å². The lowest BCUT2D eigenvalue weighted by atomic mass is 10.00. The maximum absolute atomic E-state index is 12.3. The number of benzene rings is 1. The molecule has 0 aliphatic carbocycles. The van der Waals surface area contributed by atoms with Crippen molar-refractivity contribution in [1.29, 1.82) is 0 Å². The highest BCUT2D eigenvalue weighted by Crippen LogP contribution is 2.30. The number of aliphatic hydroxyl groups is 1. The van der Waals surface area contributed by atoms with Crippen molar-refractivity contribution >= 4 is 17.5 Å². The molecule has 1 aliphatic heterocycles. The molecule has 116 valence electrons. The first-order valence-electron chi connectivity index (χ1n) is 7.18. The summed E-state index contributed by atoms with van der Waals surface area (Å²) in [6.45, 7) is 0.793. The number of amides is 1. The number of H-pyrrole nitrogens is 1. The Morgan fingerprint density at radius 3 is 2.86 bits per heavy atom. The molecule has 1 aromatic heterocycles. The summed E-state index contributed by atoms with van der Waals surface area (Å²) in [4.78, 5) is 14.0. The predicted octanol–water partition coefficient (Wildman–Crippen LogP) is 1.51. The molecule has 0 bridgehead atoms. The van der Waals surface area contributed by atoms with E-state index < -0.39 is 5.60 Å². The van der Waals surface area contributed by atoms with Crippen molar-refractivity contribution in [2.45, 2.75) is 24.9 Å². The molecule has 0 spiro atoms. The Morgan fingerprint density at radius 1 is 1.41 bits per heavy atom. The number of likely N-dealkylation sites (tertiary alicyclic amines) is 1. The van der Waals surface area contributed by atoms with Gasteiger partial charge >= 0.3 is 0 Å². The molecule has 1 fully saturated rings. The van der Waals surface area contributed by atoms with Gasteiger partial charge in [-0.2, -0.15) is 15.4 Å². The minimum atomic E-state index is -1.09. The number of carbonyl (C=O) groups is 1. The molecule has 1 unspecified atom stereocenters. The number of β-amino-alcohol motifs (C(OH)–C–C–N with tert-alkyl or cyclic N) is 1. The second-order valence-corrected chi connectivity index (χ2v) is 6.02.